The molecule has 2 atom stereocenters. The van der Waals surface area contributed by atoms with Crippen molar-refractivity contribution in [2.45, 2.75) is 45.1 Å². The largest absolute Gasteiger partial charge is 0.497 e. The van der Waals surface area contributed by atoms with Crippen molar-refractivity contribution in [3.05, 3.63) is 29.8 Å². The first kappa shape index (κ1) is 13.4. The summed E-state index contributed by atoms with van der Waals surface area (Å²) in [6.07, 6.45) is 4.32. The molecule has 0 spiro atoms. The Morgan fingerprint density at radius 1 is 1.33 bits per heavy atom. The van der Waals surface area contributed by atoms with Gasteiger partial charge in [-0.3, -0.25) is 0 Å². The molecule has 2 nitrogen and oxygen atoms in total. The lowest BCUT2D eigenvalue weighted by atomic mass is 9.67. The molecule has 100 valence electrons. The lowest BCUT2D eigenvalue weighted by Crippen LogP contribution is -2.40. The van der Waals surface area contributed by atoms with E-state index in [-0.39, 0.29) is 0 Å². The Morgan fingerprint density at radius 2 is 2.11 bits per heavy atom. The molecule has 0 radical (unpaired) electrons. The summed E-state index contributed by atoms with van der Waals surface area (Å²) in [6, 6.07) is 7.92. The molecule has 2 rings (SSSR count). The summed E-state index contributed by atoms with van der Waals surface area (Å²) in [4.78, 5) is 0. The van der Waals surface area contributed by atoms with Gasteiger partial charge in [0.15, 0.2) is 0 Å². The molecule has 1 aromatic rings. The second-order valence-electron chi connectivity index (χ2n) is 5.75. The first-order valence-electron chi connectivity index (χ1n) is 6.95. The number of methoxy groups -OCH3 is 1. The fraction of sp³-hybridized carbons (Fsp3) is 0.625. The van der Waals surface area contributed by atoms with Gasteiger partial charge in [-0.25, -0.2) is 0 Å². The molecule has 0 aromatic heterocycles. The van der Waals surface area contributed by atoms with Crippen LogP contribution in [0.4, 0.5) is 0 Å². The van der Waals surface area contributed by atoms with Crippen molar-refractivity contribution in [1.29, 1.82) is 0 Å². The maximum atomic E-state index is 11.1. The van der Waals surface area contributed by atoms with Crippen molar-refractivity contribution in [2.75, 3.05) is 7.11 Å². The van der Waals surface area contributed by atoms with Crippen molar-refractivity contribution in [3.63, 3.8) is 0 Å². The average Bonchev–Trinajstić information content (AvgIpc) is 2.39. The summed E-state index contributed by atoms with van der Waals surface area (Å²) in [5.41, 5.74) is 0.335. The van der Waals surface area contributed by atoms with Gasteiger partial charge in [-0.2, -0.15) is 0 Å². The monoisotopic (exact) mass is 248 g/mol. The number of rotatable bonds is 3. The summed E-state index contributed by atoms with van der Waals surface area (Å²) >= 11 is 0. The Bertz CT molecular complexity index is 400. The minimum absolute atomic E-state index is 0.346. The summed E-state index contributed by atoms with van der Waals surface area (Å²) < 4.78 is 5.28. The van der Waals surface area contributed by atoms with Crippen molar-refractivity contribution < 1.29 is 9.84 Å². The van der Waals surface area contributed by atoms with E-state index in [9.17, 15) is 5.11 Å². The van der Waals surface area contributed by atoms with Crippen LogP contribution in [0.25, 0.3) is 0 Å². The maximum absolute atomic E-state index is 11.1. The molecule has 1 aromatic carbocycles. The Balaban J connectivity index is 2.37. The second kappa shape index (κ2) is 5.31. The molecule has 0 saturated heterocycles. The highest BCUT2D eigenvalue weighted by molar-refractivity contribution is 5.33. The lowest BCUT2D eigenvalue weighted by molar-refractivity contribution is -0.0722. The van der Waals surface area contributed by atoms with Gasteiger partial charge in [-0.05, 0) is 42.4 Å². The van der Waals surface area contributed by atoms with E-state index in [1.807, 2.05) is 24.3 Å². The van der Waals surface area contributed by atoms with Crippen LogP contribution in [0.5, 0.6) is 5.75 Å². The Labute approximate surface area is 110 Å². The number of ether oxygens (including phenoxy) is 1. The molecule has 0 heterocycles. The van der Waals surface area contributed by atoms with Crippen LogP contribution in [0.15, 0.2) is 24.3 Å². The zero-order chi connectivity index (χ0) is 13.2. The van der Waals surface area contributed by atoms with Gasteiger partial charge < -0.3 is 9.84 Å². The zero-order valence-electron chi connectivity index (χ0n) is 11.6. The van der Waals surface area contributed by atoms with Crippen molar-refractivity contribution in [2.24, 2.45) is 11.8 Å². The van der Waals surface area contributed by atoms with E-state index in [4.69, 9.17) is 4.74 Å². The van der Waals surface area contributed by atoms with Crippen LogP contribution < -0.4 is 4.74 Å². The van der Waals surface area contributed by atoms with Gasteiger partial charge in [-0.1, -0.05) is 38.8 Å². The fourth-order valence-corrected chi connectivity index (χ4v) is 3.32. The molecule has 0 amide bonds. The Hall–Kier alpha value is -1.02. The Kier molecular flexibility index (Phi) is 3.96. The smallest absolute Gasteiger partial charge is 0.119 e. The van der Waals surface area contributed by atoms with Crippen LogP contribution in [0.2, 0.25) is 0 Å². The molecular formula is C16H24O2. The third-order valence-corrected chi connectivity index (χ3v) is 4.31. The van der Waals surface area contributed by atoms with E-state index in [1.165, 1.54) is 6.42 Å². The molecule has 2 unspecified atom stereocenters. The molecule has 1 N–H and O–H groups in total. The van der Waals surface area contributed by atoms with Crippen LogP contribution in [0.3, 0.4) is 0 Å². The first-order chi connectivity index (χ1) is 8.58. The van der Waals surface area contributed by atoms with E-state index in [0.29, 0.717) is 11.8 Å². The van der Waals surface area contributed by atoms with Gasteiger partial charge in [0.05, 0.1) is 12.7 Å². The number of aliphatic hydroxyl groups is 1. The molecule has 1 saturated carbocycles. The van der Waals surface area contributed by atoms with Crippen molar-refractivity contribution in [3.8, 4) is 5.75 Å². The highest BCUT2D eigenvalue weighted by Gasteiger charge is 2.41. The molecule has 18 heavy (non-hydrogen) atoms. The topological polar surface area (TPSA) is 29.5 Å². The van der Waals surface area contributed by atoms with Gasteiger partial charge in [0.1, 0.15) is 5.75 Å². The van der Waals surface area contributed by atoms with Crippen LogP contribution in [0, 0.1) is 11.8 Å². The molecule has 0 aliphatic heterocycles. The Morgan fingerprint density at radius 3 is 2.78 bits per heavy atom. The zero-order valence-corrected chi connectivity index (χ0v) is 11.6. The van der Waals surface area contributed by atoms with Crippen LogP contribution >= 0.6 is 0 Å². The SMILES string of the molecule is COc1cccc(C2(O)CCCCC2C(C)C)c1. The van der Waals surface area contributed by atoms with Crippen LogP contribution in [-0.2, 0) is 5.60 Å². The summed E-state index contributed by atoms with van der Waals surface area (Å²) in [5.74, 6) is 1.67. The molecule has 0 bridgehead atoms. The third-order valence-electron chi connectivity index (χ3n) is 4.31. The molecular weight excluding hydrogens is 224 g/mol. The van der Waals surface area contributed by atoms with E-state index < -0.39 is 5.60 Å². The molecule has 1 fully saturated rings. The highest BCUT2D eigenvalue weighted by Crippen LogP contribution is 2.45. The summed E-state index contributed by atoms with van der Waals surface area (Å²) in [6.45, 7) is 4.42. The van der Waals surface area contributed by atoms with Crippen molar-refractivity contribution >= 4 is 0 Å². The average molecular weight is 248 g/mol. The van der Waals surface area contributed by atoms with E-state index >= 15 is 0 Å². The van der Waals surface area contributed by atoms with Crippen molar-refractivity contribution in [1.82, 2.24) is 0 Å². The highest BCUT2D eigenvalue weighted by atomic mass is 16.5. The quantitative estimate of drug-likeness (QED) is 0.883. The molecule has 1 aliphatic rings. The maximum Gasteiger partial charge on any atom is 0.119 e. The summed E-state index contributed by atoms with van der Waals surface area (Å²) in [7, 11) is 1.67. The predicted octanol–water partition coefficient (Wildman–Crippen LogP) is 3.73. The molecule has 2 heteroatoms. The summed E-state index contributed by atoms with van der Waals surface area (Å²) in [5, 5.41) is 11.1. The van der Waals surface area contributed by atoms with Gasteiger partial charge in [0.2, 0.25) is 0 Å². The predicted molar refractivity (Wildman–Crippen MR) is 73.7 cm³/mol. The van der Waals surface area contributed by atoms with E-state index in [0.717, 1.165) is 30.6 Å². The first-order valence-corrected chi connectivity index (χ1v) is 6.95. The number of hydrogen-bond donors (Lipinski definition) is 1. The van der Waals surface area contributed by atoms with Gasteiger partial charge >= 0.3 is 0 Å². The van der Waals surface area contributed by atoms with E-state index in [2.05, 4.69) is 13.8 Å². The lowest BCUT2D eigenvalue weighted by Gasteiger charge is -2.42. The van der Waals surface area contributed by atoms with E-state index in [1.54, 1.807) is 7.11 Å². The molecule has 1 aliphatic carbocycles. The number of hydrogen-bond acceptors (Lipinski definition) is 2. The van der Waals surface area contributed by atoms with Crippen LogP contribution in [-0.4, -0.2) is 12.2 Å². The third kappa shape index (κ3) is 2.39. The van der Waals surface area contributed by atoms with Crippen LogP contribution in [0.1, 0.15) is 45.1 Å². The minimum Gasteiger partial charge on any atom is -0.497 e. The number of benzene rings is 1. The standard InChI is InChI=1S/C16H24O2/c1-12(2)15-9-4-5-10-16(15,17)13-7-6-8-14(11-13)18-3/h6-8,11-12,15,17H,4-5,9-10H2,1-3H3. The fourth-order valence-electron chi connectivity index (χ4n) is 3.32. The van der Waals surface area contributed by atoms with Gasteiger partial charge in [0.25, 0.3) is 0 Å². The van der Waals surface area contributed by atoms with Gasteiger partial charge in [0, 0.05) is 0 Å². The second-order valence-corrected chi connectivity index (χ2v) is 5.75. The van der Waals surface area contributed by atoms with Gasteiger partial charge in [-0.15, -0.1) is 0 Å². The normalized spacial score (nSPS) is 28.4. The minimum atomic E-state index is -0.680.